The molecule has 2 heterocycles. The molecule has 1 aromatic heterocycles. The molecule has 0 unspecified atom stereocenters. The molecule has 0 spiro atoms. The number of aryl methyl sites for hydroxylation is 1. The second-order valence-electron chi connectivity index (χ2n) is 6.06. The van der Waals surface area contributed by atoms with Gasteiger partial charge in [0.05, 0.1) is 45.3 Å². The molecular formula is C16H23N4O5S+. The van der Waals surface area contributed by atoms with E-state index in [2.05, 4.69) is 10.2 Å². The van der Waals surface area contributed by atoms with Crippen LogP contribution >= 0.6 is 0 Å². The Bertz CT molecular complexity index is 859. The minimum Gasteiger partial charge on any atom is -0.493 e. The summed E-state index contributed by atoms with van der Waals surface area (Å²) in [6.45, 7) is 4.56. The van der Waals surface area contributed by atoms with E-state index in [1.54, 1.807) is 13.0 Å². The summed E-state index contributed by atoms with van der Waals surface area (Å²) in [6, 6.07) is 4.64. The number of aromatic nitrogens is 2. The van der Waals surface area contributed by atoms with E-state index in [1.165, 1.54) is 35.6 Å². The Labute approximate surface area is 152 Å². The van der Waals surface area contributed by atoms with Gasteiger partial charge in [-0.2, -0.15) is 4.31 Å². The Morgan fingerprint density at radius 1 is 1.15 bits per heavy atom. The van der Waals surface area contributed by atoms with E-state index in [4.69, 9.17) is 13.9 Å². The highest BCUT2D eigenvalue weighted by molar-refractivity contribution is 7.89. The van der Waals surface area contributed by atoms with Gasteiger partial charge in [-0.15, -0.1) is 10.2 Å². The van der Waals surface area contributed by atoms with Crippen molar-refractivity contribution in [1.82, 2.24) is 14.5 Å². The fourth-order valence-corrected chi connectivity index (χ4v) is 4.43. The lowest BCUT2D eigenvalue weighted by Gasteiger charge is -2.30. The maximum Gasteiger partial charge on any atom is 0.271 e. The van der Waals surface area contributed by atoms with Crippen LogP contribution in [0.15, 0.2) is 27.5 Å². The monoisotopic (exact) mass is 383 g/mol. The van der Waals surface area contributed by atoms with E-state index in [9.17, 15) is 8.42 Å². The van der Waals surface area contributed by atoms with Crippen molar-refractivity contribution in [3.8, 4) is 11.5 Å². The first-order valence-electron chi connectivity index (χ1n) is 8.28. The number of rotatable bonds is 6. The van der Waals surface area contributed by atoms with Crippen molar-refractivity contribution in [1.29, 1.82) is 0 Å². The minimum absolute atomic E-state index is 0.200. The van der Waals surface area contributed by atoms with Crippen LogP contribution in [-0.4, -0.2) is 63.3 Å². The van der Waals surface area contributed by atoms with Crippen molar-refractivity contribution < 1.29 is 27.2 Å². The number of nitrogens with zero attached hydrogens (tertiary/aromatic N) is 3. The van der Waals surface area contributed by atoms with E-state index in [-0.39, 0.29) is 4.90 Å². The van der Waals surface area contributed by atoms with Gasteiger partial charge in [0.2, 0.25) is 15.9 Å². The Balaban J connectivity index is 1.68. The normalized spacial score (nSPS) is 16.6. The Kier molecular flexibility index (Phi) is 5.44. The van der Waals surface area contributed by atoms with E-state index >= 15 is 0 Å². The molecule has 1 aromatic carbocycles. The predicted octanol–water partition coefficient (Wildman–Crippen LogP) is -0.515. The fraction of sp³-hybridized carbons (Fsp3) is 0.500. The maximum absolute atomic E-state index is 12.9. The number of quaternary nitrogens is 1. The molecule has 0 atom stereocenters. The van der Waals surface area contributed by atoms with Crippen LogP contribution in [0.5, 0.6) is 11.5 Å². The highest BCUT2D eigenvalue weighted by Gasteiger charge is 2.31. The highest BCUT2D eigenvalue weighted by Crippen LogP contribution is 2.30. The van der Waals surface area contributed by atoms with E-state index in [1.807, 2.05) is 0 Å². The van der Waals surface area contributed by atoms with Gasteiger partial charge in [-0.3, -0.25) is 0 Å². The smallest absolute Gasteiger partial charge is 0.271 e. The van der Waals surface area contributed by atoms with E-state index < -0.39 is 10.0 Å². The van der Waals surface area contributed by atoms with E-state index in [0.717, 1.165) is 0 Å². The molecule has 142 valence electrons. The van der Waals surface area contributed by atoms with Gasteiger partial charge in [0.15, 0.2) is 18.0 Å². The zero-order valence-corrected chi connectivity index (χ0v) is 15.9. The van der Waals surface area contributed by atoms with Crippen LogP contribution in [0.1, 0.15) is 11.8 Å². The van der Waals surface area contributed by atoms with Crippen LogP contribution < -0.4 is 14.4 Å². The average molecular weight is 383 g/mol. The Hall–Kier alpha value is -2.17. The molecule has 0 radical (unpaired) electrons. The summed E-state index contributed by atoms with van der Waals surface area (Å²) in [5.41, 5.74) is 0. The number of nitrogens with one attached hydrogen (secondary N) is 1. The van der Waals surface area contributed by atoms with Crippen LogP contribution in [0.4, 0.5) is 0 Å². The molecule has 9 nitrogen and oxygen atoms in total. The van der Waals surface area contributed by atoms with Gasteiger partial charge in [-0.1, -0.05) is 0 Å². The number of piperazine rings is 1. The first-order chi connectivity index (χ1) is 12.4. The largest absolute Gasteiger partial charge is 0.493 e. The van der Waals surface area contributed by atoms with Crippen LogP contribution in [0.3, 0.4) is 0 Å². The molecule has 1 fully saturated rings. The van der Waals surface area contributed by atoms with Gasteiger partial charge < -0.3 is 18.8 Å². The molecule has 1 aliphatic rings. The van der Waals surface area contributed by atoms with Gasteiger partial charge in [-0.05, 0) is 12.1 Å². The summed E-state index contributed by atoms with van der Waals surface area (Å²) in [4.78, 5) is 1.42. The lowest BCUT2D eigenvalue weighted by atomic mass is 10.3. The molecule has 0 amide bonds. The molecule has 3 rings (SSSR count). The second kappa shape index (κ2) is 7.60. The fourth-order valence-electron chi connectivity index (χ4n) is 2.97. The van der Waals surface area contributed by atoms with Gasteiger partial charge in [0.1, 0.15) is 0 Å². The van der Waals surface area contributed by atoms with Gasteiger partial charge in [0.25, 0.3) is 5.89 Å². The number of ether oxygens (including phenoxy) is 2. The van der Waals surface area contributed by atoms with Crippen molar-refractivity contribution in [3.05, 3.63) is 30.0 Å². The summed E-state index contributed by atoms with van der Waals surface area (Å²) in [7, 11) is -0.584. The average Bonchev–Trinajstić information content (AvgIpc) is 3.06. The summed E-state index contributed by atoms with van der Waals surface area (Å²) in [5.74, 6) is 2.00. The van der Waals surface area contributed by atoms with Crippen LogP contribution in [-0.2, 0) is 16.6 Å². The third-order valence-corrected chi connectivity index (χ3v) is 6.29. The zero-order chi connectivity index (χ0) is 18.7. The topological polar surface area (TPSA) is 99.2 Å². The second-order valence-corrected chi connectivity index (χ2v) is 8.00. The molecule has 0 saturated carbocycles. The first kappa shape index (κ1) is 18.6. The van der Waals surface area contributed by atoms with Crippen LogP contribution in [0, 0.1) is 6.92 Å². The highest BCUT2D eigenvalue weighted by atomic mass is 32.2. The third-order valence-electron chi connectivity index (χ3n) is 4.39. The maximum atomic E-state index is 12.9. The molecule has 0 bridgehead atoms. The molecule has 10 heteroatoms. The SMILES string of the molecule is COc1ccc(S(=O)(=O)N2CC[NH+](Cc3nnc(C)o3)CC2)cc1OC. The predicted molar refractivity (Wildman–Crippen MR) is 91.7 cm³/mol. The molecule has 1 saturated heterocycles. The molecule has 2 aromatic rings. The van der Waals surface area contributed by atoms with Crippen LogP contribution in [0.2, 0.25) is 0 Å². The standard InChI is InChI=1S/C16H22N4O5S/c1-12-17-18-16(25-12)11-19-6-8-20(9-7-19)26(21,22)13-4-5-14(23-2)15(10-13)24-3/h4-5,10H,6-9,11H2,1-3H3/p+1. The van der Waals surface area contributed by atoms with Crippen molar-refractivity contribution in [2.75, 3.05) is 40.4 Å². The number of hydrogen-bond donors (Lipinski definition) is 1. The number of methoxy groups -OCH3 is 2. The van der Waals surface area contributed by atoms with Gasteiger partial charge >= 0.3 is 0 Å². The third kappa shape index (κ3) is 3.81. The van der Waals surface area contributed by atoms with Crippen molar-refractivity contribution in [3.63, 3.8) is 0 Å². The molecule has 26 heavy (non-hydrogen) atoms. The quantitative estimate of drug-likeness (QED) is 0.717. The zero-order valence-electron chi connectivity index (χ0n) is 15.1. The molecule has 1 aliphatic heterocycles. The van der Waals surface area contributed by atoms with Crippen molar-refractivity contribution in [2.24, 2.45) is 0 Å². The van der Waals surface area contributed by atoms with Gasteiger partial charge in [0, 0.05) is 13.0 Å². The minimum atomic E-state index is -3.58. The lowest BCUT2D eigenvalue weighted by Crippen LogP contribution is -3.13. The summed E-state index contributed by atoms with van der Waals surface area (Å²) >= 11 is 0. The van der Waals surface area contributed by atoms with Gasteiger partial charge in [-0.25, -0.2) is 8.42 Å². The first-order valence-corrected chi connectivity index (χ1v) is 9.73. The van der Waals surface area contributed by atoms with E-state index in [0.29, 0.717) is 56.0 Å². The van der Waals surface area contributed by atoms with Crippen molar-refractivity contribution >= 4 is 10.0 Å². The lowest BCUT2D eigenvalue weighted by molar-refractivity contribution is -0.918. The number of sulfonamides is 1. The summed E-state index contributed by atoms with van der Waals surface area (Å²) in [6.07, 6.45) is 0. The summed E-state index contributed by atoms with van der Waals surface area (Å²) < 4.78 is 43.1. The number of benzene rings is 1. The molecular weight excluding hydrogens is 360 g/mol. The molecule has 0 aliphatic carbocycles. The Morgan fingerprint density at radius 2 is 1.85 bits per heavy atom. The summed E-state index contributed by atoms with van der Waals surface area (Å²) in [5, 5.41) is 7.81. The van der Waals surface area contributed by atoms with Crippen LogP contribution in [0.25, 0.3) is 0 Å². The Morgan fingerprint density at radius 3 is 2.42 bits per heavy atom. The molecule has 1 N–H and O–H groups in total. The van der Waals surface area contributed by atoms with Crippen molar-refractivity contribution in [2.45, 2.75) is 18.4 Å². The number of hydrogen-bond acceptors (Lipinski definition) is 7.